The van der Waals surface area contributed by atoms with E-state index in [1.807, 2.05) is 0 Å². The highest BCUT2D eigenvalue weighted by molar-refractivity contribution is 5.93. The normalized spacial score (nSPS) is 10.2. The van der Waals surface area contributed by atoms with Crippen LogP contribution in [-0.4, -0.2) is 12.6 Å². The first-order valence-corrected chi connectivity index (χ1v) is 6.52. The second-order valence-corrected chi connectivity index (χ2v) is 4.49. The van der Waals surface area contributed by atoms with Gasteiger partial charge in [-0.2, -0.15) is 0 Å². The van der Waals surface area contributed by atoms with Gasteiger partial charge in [-0.25, -0.2) is 9.18 Å². The molecule has 0 unspecified atom stereocenters. The summed E-state index contributed by atoms with van der Waals surface area (Å²) >= 11 is 0. The van der Waals surface area contributed by atoms with Crippen LogP contribution in [0.5, 0.6) is 11.5 Å². The van der Waals surface area contributed by atoms with Gasteiger partial charge in [-0.05, 0) is 43.7 Å². The second kappa shape index (κ2) is 6.26. The summed E-state index contributed by atoms with van der Waals surface area (Å²) in [5.74, 6) is -0.340. The molecule has 0 saturated carbocycles. The third-order valence-corrected chi connectivity index (χ3v) is 2.87. The van der Waals surface area contributed by atoms with Crippen molar-refractivity contribution in [3.05, 3.63) is 53.3 Å². The predicted molar refractivity (Wildman–Crippen MR) is 78.0 cm³/mol. The molecule has 2 rings (SSSR count). The fourth-order valence-corrected chi connectivity index (χ4v) is 1.77. The lowest BCUT2D eigenvalue weighted by Gasteiger charge is -2.11. The highest BCUT2D eigenvalue weighted by Gasteiger charge is 2.15. The molecule has 2 aromatic carbocycles. The highest BCUT2D eigenvalue weighted by Crippen LogP contribution is 2.28. The van der Waals surface area contributed by atoms with Gasteiger partial charge in [0.2, 0.25) is 0 Å². The van der Waals surface area contributed by atoms with Crippen LogP contribution in [0.25, 0.3) is 0 Å². The maximum absolute atomic E-state index is 13.5. The molecule has 0 amide bonds. The Morgan fingerprint density at radius 2 is 2.00 bits per heavy atom. The summed E-state index contributed by atoms with van der Waals surface area (Å²) in [5, 5.41) is 0. The lowest BCUT2D eigenvalue weighted by molar-refractivity contribution is 0.0523. The predicted octanol–water partition coefficient (Wildman–Crippen LogP) is 3.69. The molecule has 0 atom stereocenters. The van der Waals surface area contributed by atoms with Crippen molar-refractivity contribution in [1.29, 1.82) is 0 Å². The Labute approximate surface area is 122 Å². The van der Waals surface area contributed by atoms with Gasteiger partial charge in [-0.3, -0.25) is 0 Å². The zero-order chi connectivity index (χ0) is 15.4. The number of rotatable bonds is 4. The first-order chi connectivity index (χ1) is 10.0. The van der Waals surface area contributed by atoms with E-state index in [9.17, 15) is 9.18 Å². The SMILES string of the molecule is CCOC(=O)c1cc(N)ccc1Oc1ccc(C)c(F)c1. The molecule has 0 saturated heterocycles. The van der Waals surface area contributed by atoms with E-state index >= 15 is 0 Å². The number of benzene rings is 2. The minimum atomic E-state index is -0.535. The van der Waals surface area contributed by atoms with Crippen LogP contribution in [0, 0.1) is 12.7 Å². The first kappa shape index (κ1) is 14.8. The van der Waals surface area contributed by atoms with Gasteiger partial charge in [0, 0.05) is 11.8 Å². The van der Waals surface area contributed by atoms with Crippen molar-refractivity contribution < 1.29 is 18.7 Å². The molecule has 0 radical (unpaired) electrons. The van der Waals surface area contributed by atoms with Crippen molar-refractivity contribution >= 4 is 11.7 Å². The number of aryl methyl sites for hydroxylation is 1. The summed E-state index contributed by atoms with van der Waals surface area (Å²) in [6, 6.07) is 9.12. The average molecular weight is 289 g/mol. The zero-order valence-electron chi connectivity index (χ0n) is 11.9. The number of anilines is 1. The van der Waals surface area contributed by atoms with E-state index in [0.29, 0.717) is 17.0 Å². The Morgan fingerprint density at radius 1 is 1.24 bits per heavy atom. The molecule has 0 aliphatic heterocycles. The number of hydrogen-bond acceptors (Lipinski definition) is 4. The minimum Gasteiger partial charge on any atom is -0.462 e. The van der Waals surface area contributed by atoms with Crippen molar-refractivity contribution in [2.45, 2.75) is 13.8 Å². The summed E-state index contributed by atoms with van der Waals surface area (Å²) in [7, 11) is 0. The molecule has 0 aromatic heterocycles. The van der Waals surface area contributed by atoms with Crippen LogP contribution in [0.3, 0.4) is 0 Å². The van der Waals surface area contributed by atoms with Crippen molar-refractivity contribution in [3.8, 4) is 11.5 Å². The average Bonchev–Trinajstić information content (AvgIpc) is 2.45. The maximum atomic E-state index is 13.5. The lowest BCUT2D eigenvalue weighted by atomic mass is 10.1. The highest BCUT2D eigenvalue weighted by atomic mass is 19.1. The zero-order valence-corrected chi connectivity index (χ0v) is 11.9. The Balaban J connectivity index is 2.34. The van der Waals surface area contributed by atoms with Crippen LogP contribution in [0.2, 0.25) is 0 Å². The molecule has 2 aromatic rings. The van der Waals surface area contributed by atoms with Crippen LogP contribution in [0.15, 0.2) is 36.4 Å². The topological polar surface area (TPSA) is 61.5 Å². The fourth-order valence-electron chi connectivity index (χ4n) is 1.77. The molecule has 0 aliphatic rings. The standard InChI is InChI=1S/C16H16FNO3/c1-3-20-16(19)13-8-11(18)5-7-15(13)21-12-6-4-10(2)14(17)9-12/h4-9H,3,18H2,1-2H3. The Morgan fingerprint density at radius 3 is 2.67 bits per heavy atom. The molecular weight excluding hydrogens is 273 g/mol. The number of nitrogens with two attached hydrogens (primary N) is 1. The molecule has 0 fully saturated rings. The van der Waals surface area contributed by atoms with E-state index in [1.165, 1.54) is 12.1 Å². The van der Waals surface area contributed by atoms with Crippen LogP contribution in [-0.2, 0) is 4.74 Å². The second-order valence-electron chi connectivity index (χ2n) is 4.49. The Kier molecular flexibility index (Phi) is 4.42. The summed E-state index contributed by atoms with van der Waals surface area (Å²) in [4.78, 5) is 11.9. The summed E-state index contributed by atoms with van der Waals surface area (Å²) < 4.78 is 24.1. The number of hydrogen-bond donors (Lipinski definition) is 1. The smallest absolute Gasteiger partial charge is 0.342 e. The van der Waals surface area contributed by atoms with E-state index in [2.05, 4.69) is 0 Å². The molecule has 110 valence electrons. The summed E-state index contributed by atoms with van der Waals surface area (Å²) in [6.07, 6.45) is 0. The monoisotopic (exact) mass is 289 g/mol. The number of carbonyl (C=O) groups is 1. The molecule has 5 heteroatoms. The summed E-state index contributed by atoms with van der Waals surface area (Å²) in [6.45, 7) is 3.61. The maximum Gasteiger partial charge on any atom is 0.342 e. The molecule has 0 bridgehead atoms. The van der Waals surface area contributed by atoms with Crippen molar-refractivity contribution in [1.82, 2.24) is 0 Å². The molecule has 2 N–H and O–H groups in total. The van der Waals surface area contributed by atoms with Gasteiger partial charge in [0.1, 0.15) is 22.9 Å². The number of carbonyl (C=O) groups excluding carboxylic acids is 1. The van der Waals surface area contributed by atoms with Crippen LogP contribution < -0.4 is 10.5 Å². The van der Waals surface area contributed by atoms with Gasteiger partial charge in [0.15, 0.2) is 0 Å². The quantitative estimate of drug-likeness (QED) is 0.689. The molecule has 0 aliphatic carbocycles. The van der Waals surface area contributed by atoms with Crippen LogP contribution in [0.1, 0.15) is 22.8 Å². The number of nitrogen functional groups attached to an aromatic ring is 1. The van der Waals surface area contributed by atoms with E-state index < -0.39 is 5.97 Å². The first-order valence-electron chi connectivity index (χ1n) is 6.52. The van der Waals surface area contributed by atoms with Crippen LogP contribution in [0.4, 0.5) is 10.1 Å². The molecule has 0 heterocycles. The number of esters is 1. The Hall–Kier alpha value is -2.56. The lowest BCUT2D eigenvalue weighted by Crippen LogP contribution is -2.07. The van der Waals surface area contributed by atoms with Crippen molar-refractivity contribution in [2.75, 3.05) is 12.3 Å². The van der Waals surface area contributed by atoms with E-state index in [0.717, 1.165) is 0 Å². The van der Waals surface area contributed by atoms with Gasteiger partial charge in [0.25, 0.3) is 0 Å². The van der Waals surface area contributed by atoms with Gasteiger partial charge in [-0.15, -0.1) is 0 Å². The molecule has 0 spiro atoms. The molecule has 4 nitrogen and oxygen atoms in total. The van der Waals surface area contributed by atoms with Gasteiger partial charge in [0.05, 0.1) is 6.61 Å². The van der Waals surface area contributed by atoms with E-state index in [1.54, 1.807) is 38.1 Å². The van der Waals surface area contributed by atoms with Gasteiger partial charge in [-0.1, -0.05) is 6.07 Å². The number of ether oxygens (including phenoxy) is 2. The van der Waals surface area contributed by atoms with Gasteiger partial charge >= 0.3 is 5.97 Å². The van der Waals surface area contributed by atoms with Gasteiger partial charge < -0.3 is 15.2 Å². The molecule has 21 heavy (non-hydrogen) atoms. The number of halogens is 1. The third kappa shape index (κ3) is 3.51. The van der Waals surface area contributed by atoms with E-state index in [-0.39, 0.29) is 23.7 Å². The fraction of sp³-hybridized carbons (Fsp3) is 0.188. The Bertz CT molecular complexity index is 671. The van der Waals surface area contributed by atoms with Crippen molar-refractivity contribution in [3.63, 3.8) is 0 Å². The van der Waals surface area contributed by atoms with Crippen molar-refractivity contribution in [2.24, 2.45) is 0 Å². The largest absolute Gasteiger partial charge is 0.462 e. The van der Waals surface area contributed by atoms with Crippen LogP contribution >= 0.6 is 0 Å². The third-order valence-electron chi connectivity index (χ3n) is 2.87. The van der Waals surface area contributed by atoms with E-state index in [4.69, 9.17) is 15.2 Å². The molecular formula is C16H16FNO3. The summed E-state index contributed by atoms with van der Waals surface area (Å²) in [5.41, 5.74) is 6.82. The minimum absolute atomic E-state index is 0.206.